The first-order chi connectivity index (χ1) is 13.7. The molecule has 1 heterocycles. The molecule has 0 spiro atoms. The van der Waals surface area contributed by atoms with E-state index in [4.69, 9.17) is 14.2 Å². The number of aliphatic imine (C=N–C) groups is 1. The minimum Gasteiger partial charge on any atom is -0.496 e. The van der Waals surface area contributed by atoms with Crippen molar-refractivity contribution in [1.29, 1.82) is 0 Å². The Labute approximate surface area is 167 Å². The van der Waals surface area contributed by atoms with E-state index in [0.29, 0.717) is 25.6 Å². The van der Waals surface area contributed by atoms with Crippen LogP contribution in [0.3, 0.4) is 0 Å². The molecule has 0 unspecified atom stereocenters. The van der Waals surface area contributed by atoms with Crippen LogP contribution < -0.4 is 20.1 Å². The number of guanidine groups is 1. The molecule has 0 bridgehead atoms. The van der Waals surface area contributed by atoms with Gasteiger partial charge in [0, 0.05) is 39.0 Å². The van der Waals surface area contributed by atoms with E-state index in [9.17, 15) is 0 Å². The average molecular weight is 386 g/mol. The minimum atomic E-state index is 0.464. The van der Waals surface area contributed by atoms with E-state index in [-0.39, 0.29) is 0 Å². The first-order valence-corrected chi connectivity index (χ1v) is 9.31. The molecule has 0 saturated heterocycles. The Hall–Kier alpha value is -2.80. The third-order valence-electron chi connectivity index (χ3n) is 4.17. The lowest BCUT2D eigenvalue weighted by molar-refractivity contribution is 0.143. The van der Waals surface area contributed by atoms with Crippen LogP contribution in [0, 0.1) is 6.92 Å². The topological polar surface area (TPSA) is 77.0 Å². The van der Waals surface area contributed by atoms with E-state index < -0.39 is 0 Å². The number of rotatable bonds is 10. The summed E-state index contributed by atoms with van der Waals surface area (Å²) >= 11 is 0. The fraction of sp³-hybridized carbons (Fsp3) is 0.429. The molecule has 0 aliphatic rings. The lowest BCUT2D eigenvalue weighted by atomic mass is 10.1. The van der Waals surface area contributed by atoms with Crippen LogP contribution in [-0.2, 0) is 17.7 Å². The molecule has 7 heteroatoms. The Morgan fingerprint density at radius 3 is 2.71 bits per heavy atom. The smallest absolute Gasteiger partial charge is 0.218 e. The van der Waals surface area contributed by atoms with Crippen molar-refractivity contribution in [1.82, 2.24) is 15.6 Å². The first-order valence-electron chi connectivity index (χ1n) is 9.31. The van der Waals surface area contributed by atoms with E-state index >= 15 is 0 Å². The van der Waals surface area contributed by atoms with Crippen LogP contribution in [0.5, 0.6) is 11.6 Å². The van der Waals surface area contributed by atoms with Crippen molar-refractivity contribution in [2.24, 2.45) is 4.99 Å². The van der Waals surface area contributed by atoms with Gasteiger partial charge in [0.25, 0.3) is 0 Å². The molecule has 1 aromatic carbocycles. The standard InChI is InChI=1S/C21H30N4O3/c1-16-7-8-19(27-4)17(14-16)9-11-24-21(22-2)25-15-18-6-5-10-23-20(18)28-13-12-26-3/h5-8,10,14H,9,11-13,15H2,1-4H3,(H2,22,24,25). The van der Waals surface area contributed by atoms with Crippen LogP contribution in [-0.4, -0.2) is 52.0 Å². The third kappa shape index (κ3) is 6.74. The maximum Gasteiger partial charge on any atom is 0.218 e. The van der Waals surface area contributed by atoms with E-state index in [2.05, 4.69) is 39.7 Å². The molecule has 2 N–H and O–H groups in total. The van der Waals surface area contributed by atoms with Gasteiger partial charge in [0.1, 0.15) is 12.4 Å². The molecule has 0 aliphatic carbocycles. The predicted molar refractivity (Wildman–Crippen MR) is 111 cm³/mol. The summed E-state index contributed by atoms with van der Waals surface area (Å²) in [5.41, 5.74) is 3.35. The molecule has 0 saturated carbocycles. The van der Waals surface area contributed by atoms with Crippen molar-refractivity contribution < 1.29 is 14.2 Å². The molecule has 152 valence electrons. The summed E-state index contributed by atoms with van der Waals surface area (Å²) in [6, 6.07) is 10.1. The number of benzene rings is 1. The Morgan fingerprint density at radius 1 is 1.11 bits per heavy atom. The monoisotopic (exact) mass is 386 g/mol. The molecule has 1 aromatic heterocycles. The molecule has 7 nitrogen and oxygen atoms in total. The normalized spacial score (nSPS) is 11.2. The molecular formula is C21H30N4O3. The van der Waals surface area contributed by atoms with Gasteiger partial charge < -0.3 is 24.8 Å². The van der Waals surface area contributed by atoms with Crippen LogP contribution in [0.4, 0.5) is 0 Å². The summed E-state index contributed by atoms with van der Waals surface area (Å²) in [7, 11) is 5.09. The van der Waals surface area contributed by atoms with Gasteiger partial charge in [0.15, 0.2) is 5.96 Å². The van der Waals surface area contributed by atoms with Gasteiger partial charge >= 0.3 is 0 Å². The van der Waals surface area contributed by atoms with E-state index in [1.165, 1.54) is 11.1 Å². The van der Waals surface area contributed by atoms with Gasteiger partial charge in [0.05, 0.1) is 13.7 Å². The highest BCUT2D eigenvalue weighted by Crippen LogP contribution is 2.19. The Balaban J connectivity index is 1.86. The summed E-state index contributed by atoms with van der Waals surface area (Å²) < 4.78 is 16.1. The average Bonchev–Trinajstić information content (AvgIpc) is 2.71. The van der Waals surface area contributed by atoms with E-state index in [1.807, 2.05) is 18.2 Å². The second kappa shape index (κ2) is 11.8. The van der Waals surface area contributed by atoms with E-state index in [0.717, 1.165) is 30.2 Å². The number of nitrogens with zero attached hydrogens (tertiary/aromatic N) is 2. The molecule has 0 fully saturated rings. The summed E-state index contributed by atoms with van der Waals surface area (Å²) in [4.78, 5) is 8.57. The lowest BCUT2D eigenvalue weighted by Gasteiger charge is -2.15. The van der Waals surface area contributed by atoms with Gasteiger partial charge in [0.2, 0.25) is 5.88 Å². The molecule has 0 aliphatic heterocycles. The lowest BCUT2D eigenvalue weighted by Crippen LogP contribution is -2.38. The van der Waals surface area contributed by atoms with Crippen LogP contribution in [0.2, 0.25) is 0 Å². The number of aromatic nitrogens is 1. The van der Waals surface area contributed by atoms with Gasteiger partial charge in [-0.1, -0.05) is 23.8 Å². The summed E-state index contributed by atoms with van der Waals surface area (Å²) in [5, 5.41) is 6.63. The van der Waals surface area contributed by atoms with Gasteiger partial charge in [-0.15, -0.1) is 0 Å². The molecule has 2 aromatic rings. The minimum absolute atomic E-state index is 0.464. The molecule has 28 heavy (non-hydrogen) atoms. The number of hydrogen-bond acceptors (Lipinski definition) is 5. The zero-order chi connectivity index (χ0) is 20.2. The molecular weight excluding hydrogens is 356 g/mol. The fourth-order valence-electron chi connectivity index (χ4n) is 2.73. The molecule has 0 atom stereocenters. The van der Waals surface area contributed by atoms with Crippen molar-refractivity contribution in [3.63, 3.8) is 0 Å². The second-order valence-corrected chi connectivity index (χ2v) is 6.23. The van der Waals surface area contributed by atoms with E-state index in [1.54, 1.807) is 27.5 Å². The number of methoxy groups -OCH3 is 2. The maximum atomic E-state index is 5.67. The zero-order valence-corrected chi connectivity index (χ0v) is 17.1. The highest BCUT2D eigenvalue weighted by atomic mass is 16.5. The number of aryl methyl sites for hydroxylation is 1. The molecule has 0 radical (unpaired) electrons. The van der Waals surface area contributed by atoms with Gasteiger partial charge in [-0.25, -0.2) is 4.98 Å². The van der Waals surface area contributed by atoms with Crippen molar-refractivity contribution >= 4 is 5.96 Å². The van der Waals surface area contributed by atoms with Crippen molar-refractivity contribution in [2.45, 2.75) is 19.9 Å². The summed E-state index contributed by atoms with van der Waals surface area (Å²) in [6.07, 6.45) is 2.55. The molecule has 0 amide bonds. The van der Waals surface area contributed by atoms with Crippen LogP contribution >= 0.6 is 0 Å². The van der Waals surface area contributed by atoms with Crippen molar-refractivity contribution in [2.75, 3.05) is 41.0 Å². The second-order valence-electron chi connectivity index (χ2n) is 6.23. The zero-order valence-electron chi connectivity index (χ0n) is 17.1. The Bertz CT molecular complexity index is 765. The fourth-order valence-corrected chi connectivity index (χ4v) is 2.73. The number of pyridine rings is 1. The van der Waals surface area contributed by atoms with Crippen molar-refractivity contribution in [3.8, 4) is 11.6 Å². The van der Waals surface area contributed by atoms with Gasteiger partial charge in [-0.2, -0.15) is 0 Å². The Kier molecular flexibility index (Phi) is 9.07. The highest BCUT2D eigenvalue weighted by molar-refractivity contribution is 5.79. The largest absolute Gasteiger partial charge is 0.496 e. The molecule has 2 rings (SSSR count). The quantitative estimate of drug-likeness (QED) is 0.371. The number of ether oxygens (including phenoxy) is 3. The van der Waals surface area contributed by atoms with Crippen LogP contribution in [0.1, 0.15) is 16.7 Å². The van der Waals surface area contributed by atoms with Crippen LogP contribution in [0.15, 0.2) is 41.5 Å². The highest BCUT2D eigenvalue weighted by Gasteiger charge is 2.07. The number of nitrogens with one attached hydrogen (secondary N) is 2. The Morgan fingerprint density at radius 2 is 1.96 bits per heavy atom. The maximum absolute atomic E-state index is 5.67. The predicted octanol–water partition coefficient (Wildman–Crippen LogP) is 2.33. The van der Waals surface area contributed by atoms with Gasteiger partial charge in [-0.3, -0.25) is 4.99 Å². The van der Waals surface area contributed by atoms with Crippen molar-refractivity contribution in [3.05, 3.63) is 53.2 Å². The SMILES string of the molecule is CN=C(NCCc1cc(C)ccc1OC)NCc1cccnc1OCCOC. The number of hydrogen-bond donors (Lipinski definition) is 2. The first kappa shape index (κ1) is 21.5. The third-order valence-corrected chi connectivity index (χ3v) is 4.17. The summed E-state index contributed by atoms with van der Waals surface area (Å²) in [6.45, 7) is 4.37. The van der Waals surface area contributed by atoms with Gasteiger partial charge in [-0.05, 0) is 31.0 Å². The summed E-state index contributed by atoms with van der Waals surface area (Å²) in [5.74, 6) is 2.23. The van der Waals surface area contributed by atoms with Crippen LogP contribution in [0.25, 0.3) is 0 Å².